The van der Waals surface area contributed by atoms with Crippen molar-refractivity contribution in [1.82, 2.24) is 15.2 Å². The predicted octanol–water partition coefficient (Wildman–Crippen LogP) is 1.92. The summed E-state index contributed by atoms with van der Waals surface area (Å²) in [5, 5.41) is 3.28. The fraction of sp³-hybridized carbons (Fsp3) is 0.632. The molecule has 0 radical (unpaired) electrons. The zero-order valence-electron chi connectivity index (χ0n) is 14.8. The number of hydrogen-bond donors (Lipinski definition) is 1. The molecular weight excluding hydrogens is 318 g/mol. The number of pyridine rings is 1. The molecule has 2 amide bonds. The van der Waals surface area contributed by atoms with Crippen LogP contribution in [-0.4, -0.2) is 48.0 Å². The van der Waals surface area contributed by atoms with Crippen LogP contribution in [0.25, 0.3) is 0 Å². The van der Waals surface area contributed by atoms with E-state index in [0.29, 0.717) is 19.0 Å². The maximum Gasteiger partial charge on any atom is 0.223 e. The van der Waals surface area contributed by atoms with Crippen molar-refractivity contribution in [1.29, 1.82) is 0 Å². The lowest BCUT2D eigenvalue weighted by Gasteiger charge is -2.34. The van der Waals surface area contributed by atoms with Gasteiger partial charge < -0.3 is 15.0 Å². The van der Waals surface area contributed by atoms with Crippen LogP contribution >= 0.6 is 0 Å². The Morgan fingerprint density at radius 2 is 1.96 bits per heavy atom. The molecule has 1 N–H and O–H groups in total. The van der Waals surface area contributed by atoms with E-state index >= 15 is 0 Å². The molecule has 0 aliphatic carbocycles. The largest absolute Gasteiger partial charge is 0.381 e. The SMILES string of the molecule is CC(=O)N1CCC(C(=O)NC(c2cccnc2)C2CCOCC2)CC1. The van der Waals surface area contributed by atoms with Crippen molar-refractivity contribution in [2.45, 2.75) is 38.6 Å². The number of likely N-dealkylation sites (tertiary alicyclic amines) is 1. The summed E-state index contributed by atoms with van der Waals surface area (Å²) < 4.78 is 5.48. The van der Waals surface area contributed by atoms with Gasteiger partial charge in [0, 0.05) is 51.5 Å². The number of amides is 2. The van der Waals surface area contributed by atoms with Gasteiger partial charge in [-0.3, -0.25) is 14.6 Å². The summed E-state index contributed by atoms with van der Waals surface area (Å²) >= 11 is 0. The van der Waals surface area contributed by atoms with E-state index in [1.165, 1.54) is 0 Å². The summed E-state index contributed by atoms with van der Waals surface area (Å²) in [5.41, 5.74) is 1.06. The lowest BCUT2D eigenvalue weighted by Crippen LogP contribution is -2.44. The summed E-state index contributed by atoms with van der Waals surface area (Å²) in [6, 6.07) is 3.93. The topological polar surface area (TPSA) is 71.5 Å². The molecular formula is C19H27N3O3. The lowest BCUT2D eigenvalue weighted by atomic mass is 9.86. The Labute approximate surface area is 148 Å². The van der Waals surface area contributed by atoms with E-state index in [9.17, 15) is 9.59 Å². The number of hydrogen-bond acceptors (Lipinski definition) is 4. The van der Waals surface area contributed by atoms with Gasteiger partial charge in [0.2, 0.25) is 11.8 Å². The Bertz CT molecular complexity index is 579. The zero-order valence-corrected chi connectivity index (χ0v) is 14.8. The van der Waals surface area contributed by atoms with E-state index in [4.69, 9.17) is 4.74 Å². The van der Waals surface area contributed by atoms with Crippen molar-refractivity contribution < 1.29 is 14.3 Å². The molecule has 1 aromatic rings. The quantitative estimate of drug-likeness (QED) is 0.905. The highest BCUT2D eigenvalue weighted by Gasteiger charge is 2.31. The molecule has 25 heavy (non-hydrogen) atoms. The van der Waals surface area contributed by atoms with Crippen LogP contribution in [0.2, 0.25) is 0 Å². The van der Waals surface area contributed by atoms with Gasteiger partial charge in [-0.15, -0.1) is 0 Å². The first-order valence-electron chi connectivity index (χ1n) is 9.18. The summed E-state index contributed by atoms with van der Waals surface area (Å²) in [6.07, 6.45) is 6.96. The highest BCUT2D eigenvalue weighted by atomic mass is 16.5. The second-order valence-electron chi connectivity index (χ2n) is 7.00. The molecule has 6 nitrogen and oxygen atoms in total. The van der Waals surface area contributed by atoms with Crippen LogP contribution in [-0.2, 0) is 14.3 Å². The van der Waals surface area contributed by atoms with Gasteiger partial charge in [-0.05, 0) is 43.2 Å². The Balaban J connectivity index is 1.65. The number of ether oxygens (including phenoxy) is 1. The second kappa shape index (κ2) is 8.43. The summed E-state index contributed by atoms with van der Waals surface area (Å²) in [5.74, 6) is 0.548. The third kappa shape index (κ3) is 4.57. The Morgan fingerprint density at radius 3 is 2.56 bits per heavy atom. The summed E-state index contributed by atoms with van der Waals surface area (Å²) in [7, 11) is 0. The molecule has 6 heteroatoms. The van der Waals surface area contributed by atoms with Crippen molar-refractivity contribution >= 4 is 11.8 Å². The zero-order chi connectivity index (χ0) is 17.6. The third-order valence-electron chi connectivity index (χ3n) is 5.39. The molecule has 0 spiro atoms. The van der Waals surface area contributed by atoms with Gasteiger partial charge in [0.05, 0.1) is 6.04 Å². The molecule has 0 bridgehead atoms. The van der Waals surface area contributed by atoms with E-state index in [1.54, 1.807) is 13.1 Å². The smallest absolute Gasteiger partial charge is 0.223 e. The first kappa shape index (κ1) is 17.9. The molecule has 1 atom stereocenters. The molecule has 2 fully saturated rings. The third-order valence-corrected chi connectivity index (χ3v) is 5.39. The van der Waals surface area contributed by atoms with Crippen LogP contribution in [0, 0.1) is 11.8 Å². The number of carbonyl (C=O) groups is 2. The fourth-order valence-electron chi connectivity index (χ4n) is 3.81. The maximum absolute atomic E-state index is 12.8. The molecule has 2 saturated heterocycles. The Hall–Kier alpha value is -1.95. The van der Waals surface area contributed by atoms with Crippen LogP contribution in [0.1, 0.15) is 44.2 Å². The Kier molecular flexibility index (Phi) is 6.02. The number of nitrogens with one attached hydrogen (secondary N) is 1. The van der Waals surface area contributed by atoms with E-state index in [0.717, 1.165) is 44.5 Å². The van der Waals surface area contributed by atoms with Crippen molar-refractivity contribution in [3.8, 4) is 0 Å². The minimum atomic E-state index is -0.0189. The minimum Gasteiger partial charge on any atom is -0.381 e. The van der Waals surface area contributed by atoms with Gasteiger partial charge in [0.1, 0.15) is 0 Å². The molecule has 136 valence electrons. The lowest BCUT2D eigenvalue weighted by molar-refractivity contribution is -0.134. The predicted molar refractivity (Wildman–Crippen MR) is 93.6 cm³/mol. The second-order valence-corrected chi connectivity index (χ2v) is 7.00. The van der Waals surface area contributed by atoms with Gasteiger partial charge in [0.15, 0.2) is 0 Å². The van der Waals surface area contributed by atoms with Crippen molar-refractivity contribution in [3.63, 3.8) is 0 Å². The number of piperidine rings is 1. The number of rotatable bonds is 4. The fourth-order valence-corrected chi connectivity index (χ4v) is 3.81. The van der Waals surface area contributed by atoms with E-state index in [2.05, 4.69) is 10.3 Å². The molecule has 0 saturated carbocycles. The van der Waals surface area contributed by atoms with Crippen molar-refractivity contribution in [3.05, 3.63) is 30.1 Å². The van der Waals surface area contributed by atoms with Gasteiger partial charge in [-0.1, -0.05) is 6.07 Å². The van der Waals surface area contributed by atoms with Crippen LogP contribution in [0.3, 0.4) is 0 Å². The molecule has 3 rings (SSSR count). The number of carbonyl (C=O) groups excluding carboxylic acids is 2. The molecule has 0 aromatic carbocycles. The molecule has 1 aromatic heterocycles. The van der Waals surface area contributed by atoms with Crippen molar-refractivity contribution in [2.75, 3.05) is 26.3 Å². The van der Waals surface area contributed by atoms with Gasteiger partial charge in [0.25, 0.3) is 0 Å². The first-order valence-corrected chi connectivity index (χ1v) is 9.18. The average Bonchev–Trinajstić information content (AvgIpc) is 2.67. The maximum atomic E-state index is 12.8. The average molecular weight is 345 g/mol. The molecule has 2 aliphatic rings. The van der Waals surface area contributed by atoms with E-state index in [-0.39, 0.29) is 23.8 Å². The molecule has 2 aliphatic heterocycles. The van der Waals surface area contributed by atoms with Crippen LogP contribution in [0.15, 0.2) is 24.5 Å². The molecule has 3 heterocycles. The van der Waals surface area contributed by atoms with Gasteiger partial charge in [-0.25, -0.2) is 0 Å². The normalized spacial score (nSPS) is 20.9. The minimum absolute atomic E-state index is 0.0177. The number of nitrogens with zero attached hydrogens (tertiary/aromatic N) is 2. The van der Waals surface area contributed by atoms with Gasteiger partial charge in [-0.2, -0.15) is 0 Å². The first-order chi connectivity index (χ1) is 12.1. The van der Waals surface area contributed by atoms with Crippen LogP contribution < -0.4 is 5.32 Å². The summed E-state index contributed by atoms with van der Waals surface area (Å²) in [6.45, 7) is 4.41. The highest BCUT2D eigenvalue weighted by molar-refractivity contribution is 5.80. The van der Waals surface area contributed by atoms with Gasteiger partial charge >= 0.3 is 0 Å². The number of aromatic nitrogens is 1. The Morgan fingerprint density at radius 1 is 1.24 bits per heavy atom. The molecule has 1 unspecified atom stereocenters. The van der Waals surface area contributed by atoms with Crippen molar-refractivity contribution in [2.24, 2.45) is 11.8 Å². The standard InChI is InChI=1S/C19H27N3O3/c1-14(23)22-9-4-16(5-10-22)19(24)21-18(15-6-11-25-12-7-15)17-3-2-8-20-13-17/h2-3,8,13,15-16,18H,4-7,9-12H2,1H3,(H,21,24). The van der Waals surface area contributed by atoms with Crippen LogP contribution in [0.5, 0.6) is 0 Å². The van der Waals surface area contributed by atoms with E-state index in [1.807, 2.05) is 23.2 Å². The highest BCUT2D eigenvalue weighted by Crippen LogP contribution is 2.30. The van der Waals surface area contributed by atoms with Crippen LogP contribution in [0.4, 0.5) is 0 Å². The summed E-state index contributed by atoms with van der Waals surface area (Å²) in [4.78, 5) is 30.3. The van der Waals surface area contributed by atoms with E-state index < -0.39 is 0 Å². The monoisotopic (exact) mass is 345 g/mol.